The highest BCUT2D eigenvalue weighted by molar-refractivity contribution is 6.04. The second-order valence-corrected chi connectivity index (χ2v) is 9.04. The molecule has 36 heavy (non-hydrogen) atoms. The maximum absolute atomic E-state index is 14.6. The Balaban J connectivity index is 1.96. The molecule has 1 fully saturated rings. The zero-order valence-electron chi connectivity index (χ0n) is 19.4. The Morgan fingerprint density at radius 1 is 1.11 bits per heavy atom. The van der Waals surface area contributed by atoms with E-state index in [4.69, 9.17) is 4.74 Å². The van der Waals surface area contributed by atoms with Gasteiger partial charge in [-0.2, -0.15) is 5.26 Å². The summed E-state index contributed by atoms with van der Waals surface area (Å²) in [5, 5.41) is 30.6. The number of aromatic carboxylic acids is 1. The van der Waals surface area contributed by atoms with Crippen LogP contribution >= 0.6 is 0 Å². The number of fused-ring (bicyclic) bond motifs is 1. The lowest BCUT2D eigenvalue weighted by Gasteiger charge is -2.42. The van der Waals surface area contributed by atoms with Crippen LogP contribution in [0.25, 0.3) is 27.7 Å². The van der Waals surface area contributed by atoms with Crippen molar-refractivity contribution in [1.29, 1.82) is 5.26 Å². The van der Waals surface area contributed by atoms with E-state index in [9.17, 15) is 29.1 Å². The number of carbonyl (C=O) groups is 1. The fourth-order valence-electron chi connectivity index (χ4n) is 5.28. The second-order valence-electron chi connectivity index (χ2n) is 9.04. The Morgan fingerprint density at radius 2 is 1.83 bits per heavy atom. The molecule has 0 radical (unpaired) electrons. The van der Waals surface area contributed by atoms with Crippen molar-refractivity contribution in [2.75, 3.05) is 7.11 Å². The molecule has 6 nitrogen and oxygen atoms in total. The van der Waals surface area contributed by atoms with Gasteiger partial charge in [-0.25, -0.2) is 13.6 Å². The first-order valence-corrected chi connectivity index (χ1v) is 11.4. The van der Waals surface area contributed by atoms with Crippen molar-refractivity contribution in [3.8, 4) is 34.4 Å². The molecular formula is C28H22F2N2O4. The van der Waals surface area contributed by atoms with Crippen LogP contribution in [-0.4, -0.2) is 27.9 Å². The molecule has 3 aromatic carbocycles. The van der Waals surface area contributed by atoms with Gasteiger partial charge in [0.1, 0.15) is 28.7 Å². The minimum Gasteiger partial charge on any atom is -0.507 e. The standard InChI is InChI=1S/C28H22F2N2O4/c1-36-23-13-16(3-8-20(23)27(34)35)24-25-21(14-18(30)15-22(25)33)32(19-6-4-17(29)5-7-19)26(24)28(11-12-31)9-2-10-28/h3-8,13-15,33H,2,9-11H2,1H3,(H,34,35). The normalized spacial score (nSPS) is 14.3. The minimum absolute atomic E-state index is 0.0317. The summed E-state index contributed by atoms with van der Waals surface area (Å²) in [5.74, 6) is -2.42. The molecule has 0 bridgehead atoms. The topological polar surface area (TPSA) is 95.5 Å². The summed E-state index contributed by atoms with van der Waals surface area (Å²) in [6.07, 6.45) is 2.45. The lowest BCUT2D eigenvalue weighted by molar-refractivity contribution is 0.0693. The lowest BCUT2D eigenvalue weighted by Crippen LogP contribution is -2.36. The molecule has 1 aromatic heterocycles. The molecule has 0 saturated heterocycles. The van der Waals surface area contributed by atoms with Crippen LogP contribution in [0.15, 0.2) is 54.6 Å². The predicted molar refractivity (Wildman–Crippen MR) is 130 cm³/mol. The van der Waals surface area contributed by atoms with Crippen molar-refractivity contribution >= 4 is 16.9 Å². The van der Waals surface area contributed by atoms with E-state index in [2.05, 4.69) is 6.07 Å². The number of rotatable bonds is 6. The molecule has 4 aromatic rings. The lowest BCUT2D eigenvalue weighted by atomic mass is 9.63. The molecule has 1 heterocycles. The van der Waals surface area contributed by atoms with Crippen LogP contribution in [0.2, 0.25) is 0 Å². The zero-order chi connectivity index (χ0) is 25.6. The van der Waals surface area contributed by atoms with E-state index in [1.165, 1.54) is 31.4 Å². The summed E-state index contributed by atoms with van der Waals surface area (Å²) < 4.78 is 35.6. The van der Waals surface area contributed by atoms with Crippen molar-refractivity contribution in [2.45, 2.75) is 31.1 Å². The quantitative estimate of drug-likeness (QED) is 0.331. The molecular weight excluding hydrogens is 466 g/mol. The number of aromatic nitrogens is 1. The Hall–Kier alpha value is -4.38. The average Bonchev–Trinajstić information content (AvgIpc) is 3.16. The number of carboxylic acids is 1. The number of halogens is 2. The van der Waals surface area contributed by atoms with Gasteiger partial charge in [0.2, 0.25) is 0 Å². The number of benzene rings is 3. The van der Waals surface area contributed by atoms with Crippen molar-refractivity contribution in [1.82, 2.24) is 4.57 Å². The average molecular weight is 488 g/mol. The molecule has 0 unspecified atom stereocenters. The van der Waals surface area contributed by atoms with Gasteiger partial charge >= 0.3 is 5.97 Å². The molecule has 1 saturated carbocycles. The molecule has 0 atom stereocenters. The third-order valence-corrected chi connectivity index (χ3v) is 7.05. The second kappa shape index (κ2) is 8.68. The number of methoxy groups -OCH3 is 1. The van der Waals surface area contributed by atoms with Gasteiger partial charge in [0.05, 0.1) is 24.1 Å². The van der Waals surface area contributed by atoms with E-state index in [1.54, 1.807) is 28.8 Å². The Kier molecular flexibility index (Phi) is 5.64. The summed E-state index contributed by atoms with van der Waals surface area (Å²) in [6.45, 7) is 0. The van der Waals surface area contributed by atoms with Gasteiger partial charge in [0.15, 0.2) is 0 Å². The fraction of sp³-hybridized carbons (Fsp3) is 0.214. The van der Waals surface area contributed by atoms with Crippen LogP contribution in [0.3, 0.4) is 0 Å². The number of hydrogen-bond donors (Lipinski definition) is 2. The van der Waals surface area contributed by atoms with Gasteiger partial charge in [-0.1, -0.05) is 12.5 Å². The van der Waals surface area contributed by atoms with E-state index in [0.29, 0.717) is 46.3 Å². The maximum atomic E-state index is 14.6. The monoisotopic (exact) mass is 488 g/mol. The number of ether oxygens (including phenoxy) is 1. The van der Waals surface area contributed by atoms with Crippen LogP contribution in [-0.2, 0) is 5.41 Å². The van der Waals surface area contributed by atoms with E-state index < -0.39 is 23.0 Å². The molecule has 1 aliphatic carbocycles. The van der Waals surface area contributed by atoms with Gasteiger partial charge in [-0.05, 0) is 60.9 Å². The largest absolute Gasteiger partial charge is 0.507 e. The van der Waals surface area contributed by atoms with Crippen LogP contribution in [0.1, 0.15) is 41.7 Å². The van der Waals surface area contributed by atoms with Crippen molar-refractivity contribution in [3.05, 3.63) is 77.5 Å². The molecule has 8 heteroatoms. The number of nitrogens with zero attached hydrogens (tertiary/aromatic N) is 2. The number of phenolic OH excluding ortho intramolecular Hbond substituents is 1. The highest BCUT2D eigenvalue weighted by Crippen LogP contribution is 2.54. The van der Waals surface area contributed by atoms with Crippen molar-refractivity contribution in [3.63, 3.8) is 0 Å². The number of phenols is 1. The molecule has 0 aliphatic heterocycles. The fourth-order valence-corrected chi connectivity index (χ4v) is 5.28. The highest BCUT2D eigenvalue weighted by Gasteiger charge is 2.44. The van der Waals surface area contributed by atoms with Gasteiger partial charge in [-0.3, -0.25) is 0 Å². The van der Waals surface area contributed by atoms with Crippen LogP contribution < -0.4 is 4.74 Å². The van der Waals surface area contributed by atoms with Gasteiger partial charge in [0, 0.05) is 34.8 Å². The van der Waals surface area contributed by atoms with Crippen molar-refractivity contribution < 1.29 is 28.5 Å². The van der Waals surface area contributed by atoms with E-state index >= 15 is 0 Å². The maximum Gasteiger partial charge on any atom is 0.339 e. The first kappa shape index (κ1) is 23.4. The SMILES string of the molecule is COc1cc(-c2c(C3(CC#N)CCC3)n(-c3ccc(F)cc3)c3cc(F)cc(O)c23)ccc1C(=O)O. The number of aromatic hydroxyl groups is 1. The van der Waals surface area contributed by atoms with E-state index in [-0.39, 0.29) is 23.5 Å². The van der Waals surface area contributed by atoms with E-state index in [0.717, 1.165) is 12.5 Å². The summed E-state index contributed by atoms with van der Waals surface area (Å²) in [4.78, 5) is 11.7. The molecule has 2 N–H and O–H groups in total. The van der Waals surface area contributed by atoms with Crippen LogP contribution in [0.5, 0.6) is 11.5 Å². The zero-order valence-corrected chi connectivity index (χ0v) is 19.4. The van der Waals surface area contributed by atoms with Gasteiger partial charge in [0.25, 0.3) is 0 Å². The number of carboxylic acid groups (broad SMARTS) is 1. The number of hydrogen-bond acceptors (Lipinski definition) is 4. The smallest absolute Gasteiger partial charge is 0.339 e. The van der Waals surface area contributed by atoms with E-state index in [1.807, 2.05) is 0 Å². The molecule has 0 spiro atoms. The molecule has 182 valence electrons. The highest BCUT2D eigenvalue weighted by atomic mass is 19.1. The molecule has 0 amide bonds. The minimum atomic E-state index is -1.16. The van der Waals surface area contributed by atoms with Gasteiger partial charge < -0.3 is 19.5 Å². The van der Waals surface area contributed by atoms with Crippen LogP contribution in [0.4, 0.5) is 8.78 Å². The first-order chi connectivity index (χ1) is 17.3. The third-order valence-electron chi connectivity index (χ3n) is 7.05. The van der Waals surface area contributed by atoms with Crippen molar-refractivity contribution in [2.24, 2.45) is 0 Å². The molecule has 5 rings (SSSR count). The summed E-state index contributed by atoms with van der Waals surface area (Å²) in [6, 6.07) is 14.9. The summed E-state index contributed by atoms with van der Waals surface area (Å²) >= 11 is 0. The predicted octanol–water partition coefficient (Wildman–Crippen LogP) is 6.32. The van der Waals surface area contributed by atoms with Crippen LogP contribution in [0, 0.1) is 23.0 Å². The third kappa shape index (κ3) is 3.55. The Labute approximate surface area is 205 Å². The van der Waals surface area contributed by atoms with Gasteiger partial charge in [-0.15, -0.1) is 0 Å². The summed E-state index contributed by atoms with van der Waals surface area (Å²) in [5.41, 5.74) is 2.05. The first-order valence-electron chi connectivity index (χ1n) is 11.4. The summed E-state index contributed by atoms with van der Waals surface area (Å²) in [7, 11) is 1.37. The Morgan fingerprint density at radius 3 is 2.42 bits per heavy atom. The molecule has 1 aliphatic rings. The Bertz CT molecular complexity index is 1550. The number of nitriles is 1.